The van der Waals surface area contributed by atoms with E-state index in [1.165, 1.54) is 12.7 Å². The highest BCUT2D eigenvalue weighted by molar-refractivity contribution is 5.96. The van der Waals surface area contributed by atoms with Gasteiger partial charge in [0.1, 0.15) is 0 Å². The molecule has 2 aromatic rings. The van der Waals surface area contributed by atoms with Crippen molar-refractivity contribution in [2.45, 2.75) is 36.7 Å². The van der Waals surface area contributed by atoms with E-state index in [9.17, 15) is 14.4 Å². The number of carbonyl (C=O) groups excluding carboxylic acids is 3. The molecule has 7 nitrogen and oxygen atoms in total. The van der Waals surface area contributed by atoms with Crippen LogP contribution in [0.5, 0.6) is 0 Å². The highest BCUT2D eigenvalue weighted by atomic mass is 16.6. The lowest BCUT2D eigenvalue weighted by molar-refractivity contribution is -0.134. The maximum absolute atomic E-state index is 13.7. The summed E-state index contributed by atoms with van der Waals surface area (Å²) in [5.74, 6) is -0.161. The lowest BCUT2D eigenvalue weighted by atomic mass is 9.90. The summed E-state index contributed by atoms with van der Waals surface area (Å²) in [5, 5.41) is 0. The fourth-order valence-corrected chi connectivity index (χ4v) is 5.89. The van der Waals surface area contributed by atoms with E-state index >= 15 is 0 Å². The number of benzene rings is 2. The summed E-state index contributed by atoms with van der Waals surface area (Å²) in [5.41, 5.74) is 3.70. The molecular formula is C28H28N2O5. The molecule has 0 aromatic heterocycles. The van der Waals surface area contributed by atoms with Crippen LogP contribution in [0.1, 0.15) is 52.7 Å². The van der Waals surface area contributed by atoms with Gasteiger partial charge in [0.15, 0.2) is 5.60 Å². The summed E-state index contributed by atoms with van der Waals surface area (Å²) >= 11 is 0. The molecule has 7 heteroatoms. The number of hydrogen-bond acceptors (Lipinski definition) is 5. The van der Waals surface area contributed by atoms with Gasteiger partial charge in [0.05, 0.1) is 24.6 Å². The summed E-state index contributed by atoms with van der Waals surface area (Å²) in [6.45, 7) is 2.17. The zero-order valence-corrected chi connectivity index (χ0v) is 19.8. The van der Waals surface area contributed by atoms with Crippen molar-refractivity contribution < 1.29 is 23.9 Å². The van der Waals surface area contributed by atoms with Gasteiger partial charge >= 0.3 is 12.1 Å². The SMILES string of the molecule is COC(=O)N1CC=C(c2ccc(C3(C(=O)N4CC[C@@]5(C4)OC(=O)c4ccccc45)CC3)cc2)CC1. The van der Waals surface area contributed by atoms with Gasteiger partial charge in [-0.3, -0.25) is 4.79 Å². The Labute approximate surface area is 204 Å². The van der Waals surface area contributed by atoms with Crippen molar-refractivity contribution in [3.8, 4) is 0 Å². The molecule has 35 heavy (non-hydrogen) atoms. The van der Waals surface area contributed by atoms with Gasteiger partial charge in [-0.05, 0) is 42.0 Å². The van der Waals surface area contributed by atoms with Crippen molar-refractivity contribution in [1.29, 1.82) is 0 Å². The Morgan fingerprint density at radius 3 is 2.43 bits per heavy atom. The molecule has 2 aromatic carbocycles. The third-order valence-corrected chi connectivity index (χ3v) is 8.05. The highest BCUT2D eigenvalue weighted by Crippen LogP contribution is 2.52. The van der Waals surface area contributed by atoms with Crippen LogP contribution in [0, 0.1) is 0 Å². The minimum absolute atomic E-state index is 0.133. The second-order valence-corrected chi connectivity index (χ2v) is 9.96. The molecule has 4 aliphatic rings. The average Bonchev–Trinajstić information content (AvgIpc) is 3.54. The van der Waals surface area contributed by atoms with E-state index in [2.05, 4.69) is 30.3 Å². The van der Waals surface area contributed by atoms with Crippen LogP contribution >= 0.6 is 0 Å². The molecule has 1 saturated carbocycles. The minimum Gasteiger partial charge on any atom is -0.453 e. The van der Waals surface area contributed by atoms with Crippen LogP contribution in [0.2, 0.25) is 0 Å². The first-order valence-electron chi connectivity index (χ1n) is 12.2. The van der Waals surface area contributed by atoms with Crippen LogP contribution in [-0.4, -0.2) is 61.1 Å². The molecule has 1 aliphatic carbocycles. The van der Waals surface area contributed by atoms with Crippen molar-refractivity contribution in [2.24, 2.45) is 0 Å². The molecule has 6 rings (SSSR count). The van der Waals surface area contributed by atoms with E-state index in [4.69, 9.17) is 9.47 Å². The van der Waals surface area contributed by atoms with E-state index in [-0.39, 0.29) is 18.0 Å². The first-order chi connectivity index (χ1) is 17.0. The molecule has 2 amide bonds. The van der Waals surface area contributed by atoms with Crippen molar-refractivity contribution in [3.05, 3.63) is 76.9 Å². The Hall–Kier alpha value is -3.61. The number of esters is 1. The number of fused-ring (bicyclic) bond motifs is 2. The fraction of sp³-hybridized carbons (Fsp3) is 0.393. The van der Waals surface area contributed by atoms with Gasteiger partial charge < -0.3 is 19.3 Å². The van der Waals surface area contributed by atoms with Crippen LogP contribution in [-0.2, 0) is 25.3 Å². The van der Waals surface area contributed by atoms with Crippen molar-refractivity contribution >= 4 is 23.5 Å². The standard InChI is InChI=1S/C28H28N2O5/c1-34-26(33)29-15-10-20(11-16-29)19-6-8-21(9-7-19)27(12-13-27)25(32)30-17-14-28(18-30)23-5-3-2-4-22(23)24(31)35-28/h2-10H,11-18H2,1H3/t28-/m0/s1. The largest absolute Gasteiger partial charge is 0.453 e. The maximum Gasteiger partial charge on any atom is 0.409 e. The van der Waals surface area contributed by atoms with Gasteiger partial charge in [0.2, 0.25) is 5.91 Å². The molecule has 0 bridgehead atoms. The Kier molecular flexibility index (Phi) is 4.99. The summed E-state index contributed by atoms with van der Waals surface area (Å²) in [6, 6.07) is 15.8. The number of hydrogen-bond donors (Lipinski definition) is 0. The van der Waals surface area contributed by atoms with E-state index in [1.807, 2.05) is 23.1 Å². The summed E-state index contributed by atoms with van der Waals surface area (Å²) in [4.78, 5) is 41.4. The third-order valence-electron chi connectivity index (χ3n) is 8.05. The Morgan fingerprint density at radius 2 is 1.74 bits per heavy atom. The zero-order chi connectivity index (χ0) is 24.2. The monoisotopic (exact) mass is 472 g/mol. The van der Waals surface area contributed by atoms with Crippen LogP contribution in [0.25, 0.3) is 5.57 Å². The normalized spacial score (nSPS) is 24.1. The Balaban J connectivity index is 1.17. The number of methoxy groups -OCH3 is 1. The summed E-state index contributed by atoms with van der Waals surface area (Å²) in [7, 11) is 1.40. The van der Waals surface area contributed by atoms with Gasteiger partial charge in [0.25, 0.3) is 0 Å². The number of ether oxygens (including phenoxy) is 2. The van der Waals surface area contributed by atoms with Crippen LogP contribution in [0.3, 0.4) is 0 Å². The Bertz CT molecular complexity index is 1250. The zero-order valence-electron chi connectivity index (χ0n) is 19.8. The maximum atomic E-state index is 13.7. The second kappa shape index (κ2) is 7.97. The lowest BCUT2D eigenvalue weighted by Crippen LogP contribution is -2.40. The van der Waals surface area contributed by atoms with Crippen molar-refractivity contribution in [3.63, 3.8) is 0 Å². The van der Waals surface area contributed by atoms with Crippen LogP contribution < -0.4 is 0 Å². The molecule has 0 unspecified atom stereocenters. The van der Waals surface area contributed by atoms with Crippen molar-refractivity contribution in [2.75, 3.05) is 33.3 Å². The van der Waals surface area contributed by atoms with Gasteiger partial charge in [-0.1, -0.05) is 48.5 Å². The van der Waals surface area contributed by atoms with Crippen LogP contribution in [0.4, 0.5) is 4.79 Å². The number of likely N-dealkylation sites (tertiary alicyclic amines) is 1. The molecule has 0 N–H and O–H groups in total. The smallest absolute Gasteiger partial charge is 0.409 e. The van der Waals surface area contributed by atoms with Gasteiger partial charge in [-0.25, -0.2) is 9.59 Å². The quantitative estimate of drug-likeness (QED) is 0.634. The number of rotatable bonds is 3. The molecule has 0 radical (unpaired) electrons. The van der Waals surface area contributed by atoms with Crippen molar-refractivity contribution in [1.82, 2.24) is 9.80 Å². The van der Waals surface area contributed by atoms with E-state index in [0.29, 0.717) is 38.2 Å². The molecule has 3 aliphatic heterocycles. The third kappa shape index (κ3) is 3.44. The first kappa shape index (κ1) is 21.9. The molecule has 1 saturated heterocycles. The molecule has 3 heterocycles. The topological polar surface area (TPSA) is 76.2 Å². The predicted octanol–water partition coefficient (Wildman–Crippen LogP) is 3.87. The molecule has 2 fully saturated rings. The summed E-state index contributed by atoms with van der Waals surface area (Å²) in [6.07, 6.45) is 4.84. The number of carbonyl (C=O) groups is 3. The molecule has 180 valence electrons. The predicted molar refractivity (Wildman–Crippen MR) is 129 cm³/mol. The van der Waals surface area contributed by atoms with Crippen LogP contribution in [0.15, 0.2) is 54.6 Å². The first-order valence-corrected chi connectivity index (χ1v) is 12.2. The minimum atomic E-state index is -0.713. The van der Waals surface area contributed by atoms with E-state index < -0.39 is 11.0 Å². The number of nitrogens with zero attached hydrogens (tertiary/aromatic N) is 2. The molecule has 1 spiro atoms. The van der Waals surface area contributed by atoms with E-state index in [0.717, 1.165) is 36.0 Å². The van der Waals surface area contributed by atoms with E-state index in [1.54, 1.807) is 11.0 Å². The molecular weight excluding hydrogens is 444 g/mol. The second-order valence-electron chi connectivity index (χ2n) is 9.96. The molecule has 1 atom stereocenters. The van der Waals surface area contributed by atoms with Gasteiger partial charge in [-0.15, -0.1) is 0 Å². The van der Waals surface area contributed by atoms with Gasteiger partial charge in [-0.2, -0.15) is 0 Å². The number of amides is 2. The Morgan fingerprint density at radius 1 is 0.971 bits per heavy atom. The summed E-state index contributed by atoms with van der Waals surface area (Å²) < 4.78 is 10.6. The highest BCUT2D eigenvalue weighted by Gasteiger charge is 2.57. The average molecular weight is 473 g/mol. The lowest BCUT2D eigenvalue weighted by Gasteiger charge is -2.27. The fourth-order valence-electron chi connectivity index (χ4n) is 5.89. The van der Waals surface area contributed by atoms with Gasteiger partial charge in [0, 0.05) is 31.6 Å².